The molecule has 4 heterocycles. The fraction of sp³-hybridized carbons (Fsp3) is 0.471. The fourth-order valence-corrected chi connectivity index (χ4v) is 3.42. The molecule has 124 valence electrons. The van der Waals surface area contributed by atoms with Crippen molar-refractivity contribution >= 4 is 10.9 Å². The summed E-state index contributed by atoms with van der Waals surface area (Å²) in [5, 5.41) is 13.2. The van der Waals surface area contributed by atoms with Crippen LogP contribution in [-0.2, 0) is 4.74 Å². The minimum absolute atomic E-state index is 0.325. The molecule has 0 atom stereocenters. The molecule has 0 radical (unpaired) electrons. The summed E-state index contributed by atoms with van der Waals surface area (Å²) < 4.78 is 12.9. The minimum atomic E-state index is 0.325. The zero-order chi connectivity index (χ0) is 15.9. The summed E-state index contributed by atoms with van der Waals surface area (Å²) in [6.07, 6.45) is 4.02. The molecule has 1 aromatic carbocycles. The van der Waals surface area contributed by atoms with E-state index in [4.69, 9.17) is 9.26 Å². The van der Waals surface area contributed by atoms with Gasteiger partial charge in [-0.2, -0.15) is 10.1 Å². The Morgan fingerprint density at radius 3 is 2.83 bits per heavy atom. The number of nitrogens with zero attached hydrogens (tertiary/aromatic N) is 4. The van der Waals surface area contributed by atoms with Crippen molar-refractivity contribution in [2.24, 2.45) is 0 Å². The summed E-state index contributed by atoms with van der Waals surface area (Å²) in [6, 6.07) is 6.49. The first kappa shape index (κ1) is 14.1. The molecule has 2 fully saturated rings. The fourth-order valence-electron chi connectivity index (χ4n) is 3.42. The summed E-state index contributed by atoms with van der Waals surface area (Å²) in [6.45, 7) is 3.48. The first-order chi connectivity index (χ1) is 11.9. The van der Waals surface area contributed by atoms with E-state index in [0.29, 0.717) is 17.9 Å². The van der Waals surface area contributed by atoms with Crippen molar-refractivity contribution in [3.8, 4) is 11.5 Å². The smallest absolute Gasteiger partial charge is 0.258 e. The van der Waals surface area contributed by atoms with Crippen molar-refractivity contribution in [3.63, 3.8) is 0 Å². The molecule has 2 aromatic heterocycles. The van der Waals surface area contributed by atoms with Gasteiger partial charge >= 0.3 is 0 Å². The van der Waals surface area contributed by atoms with Crippen LogP contribution in [0.1, 0.15) is 30.6 Å². The zero-order valence-corrected chi connectivity index (χ0v) is 13.3. The Morgan fingerprint density at radius 2 is 2.04 bits per heavy atom. The summed E-state index contributed by atoms with van der Waals surface area (Å²) in [5.41, 5.74) is 2.03. The van der Waals surface area contributed by atoms with E-state index in [-0.39, 0.29) is 0 Å². The van der Waals surface area contributed by atoms with E-state index >= 15 is 0 Å². The lowest BCUT2D eigenvalue weighted by molar-refractivity contribution is -0.0266. The van der Waals surface area contributed by atoms with Gasteiger partial charge in [-0.1, -0.05) is 11.2 Å². The number of rotatable bonds is 3. The Morgan fingerprint density at radius 1 is 1.17 bits per heavy atom. The molecule has 1 N–H and O–H groups in total. The zero-order valence-electron chi connectivity index (χ0n) is 13.3. The number of nitrogens with one attached hydrogen (secondary N) is 1. The number of benzene rings is 1. The lowest BCUT2D eigenvalue weighted by atomic mass is 9.98. The van der Waals surface area contributed by atoms with Gasteiger partial charge in [-0.3, -0.25) is 4.68 Å². The van der Waals surface area contributed by atoms with Crippen LogP contribution in [0.4, 0.5) is 0 Å². The van der Waals surface area contributed by atoms with Crippen molar-refractivity contribution in [1.29, 1.82) is 0 Å². The Bertz CT molecular complexity index is 861. The first-order valence-electron chi connectivity index (χ1n) is 8.48. The van der Waals surface area contributed by atoms with Gasteiger partial charge in [-0.25, -0.2) is 0 Å². The minimum Gasteiger partial charge on any atom is -0.377 e. The van der Waals surface area contributed by atoms with Gasteiger partial charge < -0.3 is 14.6 Å². The van der Waals surface area contributed by atoms with Crippen LogP contribution in [0.15, 0.2) is 28.9 Å². The molecule has 2 aliphatic heterocycles. The Balaban J connectivity index is 1.48. The van der Waals surface area contributed by atoms with Crippen molar-refractivity contribution in [2.75, 3.05) is 26.3 Å². The largest absolute Gasteiger partial charge is 0.377 e. The molecule has 0 spiro atoms. The molecule has 0 unspecified atom stereocenters. The molecule has 7 nitrogen and oxygen atoms in total. The van der Waals surface area contributed by atoms with Gasteiger partial charge in [0.2, 0.25) is 0 Å². The maximum absolute atomic E-state index is 5.53. The van der Waals surface area contributed by atoms with Gasteiger partial charge in [0.1, 0.15) is 0 Å². The number of piperidine rings is 1. The van der Waals surface area contributed by atoms with E-state index < -0.39 is 0 Å². The normalized spacial score (nSPS) is 19.7. The Hall–Kier alpha value is -2.25. The van der Waals surface area contributed by atoms with Crippen LogP contribution < -0.4 is 5.32 Å². The topological polar surface area (TPSA) is 78.0 Å². The van der Waals surface area contributed by atoms with Crippen LogP contribution in [0.2, 0.25) is 0 Å². The summed E-state index contributed by atoms with van der Waals surface area (Å²) in [4.78, 5) is 4.64. The van der Waals surface area contributed by atoms with Crippen molar-refractivity contribution < 1.29 is 9.26 Å². The average molecular weight is 325 g/mol. The lowest BCUT2D eigenvalue weighted by Gasteiger charge is -2.26. The lowest BCUT2D eigenvalue weighted by Crippen LogP contribution is -2.31. The number of aromatic nitrogens is 4. The molecule has 0 amide bonds. The van der Waals surface area contributed by atoms with E-state index in [9.17, 15) is 0 Å². The number of ether oxygens (including phenoxy) is 1. The summed E-state index contributed by atoms with van der Waals surface area (Å²) in [5.74, 6) is 1.81. The number of fused-ring (bicyclic) bond motifs is 1. The van der Waals surface area contributed by atoms with Gasteiger partial charge in [0.25, 0.3) is 5.89 Å². The van der Waals surface area contributed by atoms with Crippen LogP contribution >= 0.6 is 0 Å². The Labute approximate surface area is 139 Å². The van der Waals surface area contributed by atoms with Gasteiger partial charge in [-0.05, 0) is 38.1 Å². The molecular formula is C17H19N5O2. The van der Waals surface area contributed by atoms with Gasteiger partial charge in [0.05, 0.1) is 31.0 Å². The van der Waals surface area contributed by atoms with E-state index in [1.165, 1.54) is 0 Å². The highest BCUT2D eigenvalue weighted by Gasteiger charge is 2.24. The van der Waals surface area contributed by atoms with E-state index in [0.717, 1.165) is 61.4 Å². The third-order valence-electron chi connectivity index (χ3n) is 4.96. The van der Waals surface area contributed by atoms with Gasteiger partial charge in [0, 0.05) is 16.9 Å². The van der Waals surface area contributed by atoms with E-state index in [2.05, 4.69) is 32.7 Å². The van der Waals surface area contributed by atoms with Gasteiger partial charge in [-0.15, -0.1) is 0 Å². The maximum Gasteiger partial charge on any atom is 0.258 e. The number of hydrogen-bond donors (Lipinski definition) is 1. The first-order valence-corrected chi connectivity index (χ1v) is 8.48. The monoisotopic (exact) mass is 325 g/mol. The molecule has 5 rings (SSSR count). The molecule has 2 aliphatic rings. The SMILES string of the molecule is c1cc2cnn(C3COC3)c2cc1-c1nc(C2CCNCC2)no1. The Kier molecular flexibility index (Phi) is 3.34. The maximum atomic E-state index is 5.53. The molecule has 7 heteroatoms. The molecule has 3 aromatic rings. The van der Waals surface area contributed by atoms with Crippen LogP contribution in [0.5, 0.6) is 0 Å². The van der Waals surface area contributed by atoms with Crippen molar-refractivity contribution in [1.82, 2.24) is 25.2 Å². The van der Waals surface area contributed by atoms with Gasteiger partial charge in [0.15, 0.2) is 5.82 Å². The highest BCUT2D eigenvalue weighted by molar-refractivity contribution is 5.83. The highest BCUT2D eigenvalue weighted by Crippen LogP contribution is 2.29. The predicted molar refractivity (Wildman–Crippen MR) is 87.7 cm³/mol. The summed E-state index contributed by atoms with van der Waals surface area (Å²) in [7, 11) is 0. The van der Waals surface area contributed by atoms with Crippen molar-refractivity contribution in [2.45, 2.75) is 24.8 Å². The van der Waals surface area contributed by atoms with E-state index in [1.807, 2.05) is 16.9 Å². The van der Waals surface area contributed by atoms with Crippen LogP contribution in [0, 0.1) is 0 Å². The second-order valence-electron chi connectivity index (χ2n) is 6.54. The molecule has 0 saturated carbocycles. The quantitative estimate of drug-likeness (QED) is 0.795. The molecule has 0 aliphatic carbocycles. The van der Waals surface area contributed by atoms with E-state index in [1.54, 1.807) is 0 Å². The second-order valence-corrected chi connectivity index (χ2v) is 6.54. The third-order valence-corrected chi connectivity index (χ3v) is 4.96. The van der Waals surface area contributed by atoms with Crippen LogP contribution in [0.25, 0.3) is 22.4 Å². The molecule has 24 heavy (non-hydrogen) atoms. The molecule has 0 bridgehead atoms. The average Bonchev–Trinajstić information content (AvgIpc) is 3.22. The van der Waals surface area contributed by atoms with Crippen molar-refractivity contribution in [3.05, 3.63) is 30.2 Å². The highest BCUT2D eigenvalue weighted by atomic mass is 16.5. The molecular weight excluding hydrogens is 306 g/mol. The number of hydrogen-bond acceptors (Lipinski definition) is 6. The predicted octanol–water partition coefficient (Wildman–Crippen LogP) is 2.12. The van der Waals surface area contributed by atoms with Crippen LogP contribution in [0.3, 0.4) is 0 Å². The standard InChI is InChI=1S/C17H19N5O2/c1-2-13-8-19-22(14-9-23-10-14)15(13)7-12(1)17-20-16(21-24-17)11-3-5-18-6-4-11/h1-2,7-8,11,14,18H,3-6,9-10H2. The second kappa shape index (κ2) is 5.68. The summed E-state index contributed by atoms with van der Waals surface area (Å²) >= 11 is 0. The third kappa shape index (κ3) is 2.32. The van der Waals surface area contributed by atoms with Crippen LogP contribution in [-0.4, -0.2) is 46.2 Å². The molecule has 2 saturated heterocycles.